The molecule has 188 valence electrons. The number of rotatable bonds is 6. The second-order valence-corrected chi connectivity index (χ2v) is 11.3. The Morgan fingerprint density at radius 1 is 1.09 bits per heavy atom. The first-order chi connectivity index (χ1) is 16.1. The summed E-state index contributed by atoms with van der Waals surface area (Å²) < 4.78 is 11.3. The largest absolute Gasteiger partial charge is 0.432 e. The summed E-state index contributed by atoms with van der Waals surface area (Å²) in [6.07, 6.45) is 6.46. The highest BCUT2D eigenvalue weighted by atomic mass is 16.8. The van der Waals surface area contributed by atoms with E-state index in [2.05, 4.69) is 49.9 Å². The van der Waals surface area contributed by atoms with Crippen LogP contribution in [0.4, 0.5) is 5.69 Å². The maximum Gasteiger partial charge on any atom is 0.338 e. The summed E-state index contributed by atoms with van der Waals surface area (Å²) >= 11 is 0. The predicted molar refractivity (Wildman–Crippen MR) is 134 cm³/mol. The first kappa shape index (κ1) is 25.0. The quantitative estimate of drug-likeness (QED) is 0.541. The Morgan fingerprint density at radius 2 is 1.76 bits per heavy atom. The highest BCUT2D eigenvalue weighted by Crippen LogP contribution is 2.35. The second kappa shape index (κ2) is 10.3. The Kier molecular flexibility index (Phi) is 7.56. The molecule has 0 N–H and O–H groups in total. The molecule has 0 spiro atoms. The molecule has 1 saturated carbocycles. The number of anilines is 1. The van der Waals surface area contributed by atoms with E-state index in [1.54, 1.807) is 13.8 Å². The van der Waals surface area contributed by atoms with Crippen molar-refractivity contribution in [1.29, 1.82) is 0 Å². The molecule has 3 atom stereocenters. The zero-order valence-electron chi connectivity index (χ0n) is 21.6. The molecule has 6 heteroatoms. The van der Waals surface area contributed by atoms with Gasteiger partial charge in [0.1, 0.15) is 0 Å². The number of esters is 1. The van der Waals surface area contributed by atoms with Gasteiger partial charge in [-0.1, -0.05) is 45.2 Å². The standard InChI is InChI=1S/C28H42N2O4/c1-19(2)17-24(25-27(32)34-28(4,5)33-25)26(31)30-16-15-29(18-20(30)3)23-13-11-22(12-14-23)21-9-7-6-8-10-21/h11-14,19-21,24-25H,6-10,15-18H2,1-5H3/t20-,24?,25+/m1/s1. The lowest BCUT2D eigenvalue weighted by molar-refractivity contribution is -0.163. The van der Waals surface area contributed by atoms with Crippen LogP contribution in [0.15, 0.2) is 24.3 Å². The van der Waals surface area contributed by atoms with Crippen molar-refractivity contribution in [3.63, 3.8) is 0 Å². The zero-order chi connectivity index (χ0) is 24.5. The second-order valence-electron chi connectivity index (χ2n) is 11.3. The number of hydrogen-bond acceptors (Lipinski definition) is 5. The number of nitrogens with zero attached hydrogens (tertiary/aromatic N) is 2. The van der Waals surface area contributed by atoms with E-state index in [1.165, 1.54) is 43.4 Å². The molecule has 0 aromatic heterocycles. The van der Waals surface area contributed by atoms with Crippen LogP contribution >= 0.6 is 0 Å². The molecular weight excluding hydrogens is 428 g/mol. The summed E-state index contributed by atoms with van der Waals surface area (Å²) in [6.45, 7) is 11.9. The highest BCUT2D eigenvalue weighted by molar-refractivity contribution is 5.88. The fourth-order valence-corrected chi connectivity index (χ4v) is 5.91. The molecule has 1 unspecified atom stereocenters. The van der Waals surface area contributed by atoms with Gasteiger partial charge in [-0.05, 0) is 55.7 Å². The van der Waals surface area contributed by atoms with Crippen molar-refractivity contribution in [3.8, 4) is 0 Å². The van der Waals surface area contributed by atoms with Gasteiger partial charge in [0.2, 0.25) is 11.7 Å². The van der Waals surface area contributed by atoms with Crippen molar-refractivity contribution in [1.82, 2.24) is 4.90 Å². The molecule has 0 radical (unpaired) electrons. The van der Waals surface area contributed by atoms with Gasteiger partial charge in [-0.15, -0.1) is 0 Å². The number of piperazine rings is 1. The molecular formula is C28H42N2O4. The maximum atomic E-state index is 13.7. The molecule has 1 amide bonds. The molecule has 2 saturated heterocycles. The Labute approximate surface area is 205 Å². The average Bonchev–Trinajstić information content (AvgIpc) is 3.09. The van der Waals surface area contributed by atoms with Crippen LogP contribution in [0.2, 0.25) is 0 Å². The number of ether oxygens (including phenoxy) is 2. The summed E-state index contributed by atoms with van der Waals surface area (Å²) in [4.78, 5) is 30.5. The number of amides is 1. The van der Waals surface area contributed by atoms with Gasteiger partial charge < -0.3 is 19.3 Å². The van der Waals surface area contributed by atoms with Gasteiger partial charge in [0.05, 0.1) is 5.92 Å². The van der Waals surface area contributed by atoms with Crippen molar-refractivity contribution in [3.05, 3.63) is 29.8 Å². The zero-order valence-corrected chi connectivity index (χ0v) is 21.6. The van der Waals surface area contributed by atoms with E-state index < -0.39 is 23.8 Å². The average molecular weight is 471 g/mol. The molecule has 2 heterocycles. The van der Waals surface area contributed by atoms with Gasteiger partial charge in [0, 0.05) is 45.2 Å². The first-order valence-corrected chi connectivity index (χ1v) is 13.2. The Hall–Kier alpha value is -2.08. The molecule has 3 aliphatic rings. The monoisotopic (exact) mass is 470 g/mol. The maximum absolute atomic E-state index is 13.7. The minimum atomic E-state index is -0.981. The number of hydrogen-bond donors (Lipinski definition) is 0. The number of carbonyl (C=O) groups excluding carboxylic acids is 2. The smallest absolute Gasteiger partial charge is 0.338 e. The van der Waals surface area contributed by atoms with Crippen molar-refractivity contribution in [2.75, 3.05) is 24.5 Å². The molecule has 1 aromatic carbocycles. The first-order valence-electron chi connectivity index (χ1n) is 13.2. The lowest BCUT2D eigenvalue weighted by Gasteiger charge is -2.43. The van der Waals surface area contributed by atoms with Crippen molar-refractivity contribution in [2.24, 2.45) is 11.8 Å². The minimum Gasteiger partial charge on any atom is -0.432 e. The third-order valence-corrected chi connectivity index (χ3v) is 7.64. The minimum absolute atomic E-state index is 0.00754. The van der Waals surface area contributed by atoms with Gasteiger partial charge in [-0.2, -0.15) is 0 Å². The third-order valence-electron chi connectivity index (χ3n) is 7.64. The van der Waals surface area contributed by atoms with Gasteiger partial charge >= 0.3 is 5.97 Å². The van der Waals surface area contributed by atoms with Crippen LogP contribution in [-0.4, -0.2) is 54.3 Å². The lowest BCUT2D eigenvalue weighted by Crippen LogP contribution is -2.57. The predicted octanol–water partition coefficient (Wildman–Crippen LogP) is 5.11. The fourth-order valence-electron chi connectivity index (χ4n) is 5.91. The Balaban J connectivity index is 1.41. The van der Waals surface area contributed by atoms with E-state index in [-0.39, 0.29) is 17.9 Å². The molecule has 1 aliphatic carbocycles. The Morgan fingerprint density at radius 3 is 2.32 bits per heavy atom. The summed E-state index contributed by atoms with van der Waals surface area (Å²) in [5.41, 5.74) is 2.69. The van der Waals surface area contributed by atoms with E-state index >= 15 is 0 Å². The van der Waals surface area contributed by atoms with E-state index in [4.69, 9.17) is 9.47 Å². The van der Waals surface area contributed by atoms with Gasteiger partial charge in [0.25, 0.3) is 0 Å². The van der Waals surface area contributed by atoms with Crippen molar-refractivity contribution < 1.29 is 19.1 Å². The van der Waals surface area contributed by atoms with Crippen LogP contribution in [-0.2, 0) is 19.1 Å². The van der Waals surface area contributed by atoms with Crippen LogP contribution < -0.4 is 4.90 Å². The van der Waals surface area contributed by atoms with Crippen LogP contribution in [0.1, 0.15) is 84.6 Å². The van der Waals surface area contributed by atoms with Gasteiger partial charge in [-0.25, -0.2) is 4.79 Å². The fraction of sp³-hybridized carbons (Fsp3) is 0.714. The molecule has 3 fully saturated rings. The molecule has 6 nitrogen and oxygen atoms in total. The lowest BCUT2D eigenvalue weighted by atomic mass is 9.84. The van der Waals surface area contributed by atoms with Crippen LogP contribution in [0.3, 0.4) is 0 Å². The molecule has 0 bridgehead atoms. The van der Waals surface area contributed by atoms with Crippen molar-refractivity contribution >= 4 is 17.6 Å². The molecule has 2 aliphatic heterocycles. The van der Waals surface area contributed by atoms with E-state index in [1.807, 2.05) is 4.90 Å². The summed E-state index contributed by atoms with van der Waals surface area (Å²) in [6, 6.07) is 9.16. The third kappa shape index (κ3) is 5.59. The molecule has 34 heavy (non-hydrogen) atoms. The Bertz CT molecular complexity index is 860. The molecule has 1 aromatic rings. The number of carbonyl (C=O) groups is 2. The van der Waals surface area contributed by atoms with Crippen LogP contribution in [0.5, 0.6) is 0 Å². The van der Waals surface area contributed by atoms with Gasteiger partial charge in [0.15, 0.2) is 6.10 Å². The van der Waals surface area contributed by atoms with E-state index in [0.29, 0.717) is 18.9 Å². The van der Waals surface area contributed by atoms with Crippen LogP contribution in [0.25, 0.3) is 0 Å². The van der Waals surface area contributed by atoms with Crippen molar-refractivity contribution in [2.45, 2.75) is 97.0 Å². The summed E-state index contributed by atoms with van der Waals surface area (Å²) in [5.74, 6) is -0.929. The normalized spacial score (nSPS) is 26.6. The highest BCUT2D eigenvalue weighted by Gasteiger charge is 2.49. The van der Waals surface area contributed by atoms with Crippen LogP contribution in [0, 0.1) is 11.8 Å². The SMILES string of the molecule is CC(C)CC(C(=O)N1CCN(c2ccc(C3CCCCC3)cc2)C[C@H]1C)[C@@H]1OC(C)(C)OC1=O. The van der Waals surface area contributed by atoms with E-state index in [0.717, 1.165) is 13.1 Å². The van der Waals surface area contributed by atoms with E-state index in [9.17, 15) is 9.59 Å². The summed E-state index contributed by atoms with van der Waals surface area (Å²) in [5, 5.41) is 0. The number of cyclic esters (lactones) is 1. The number of benzene rings is 1. The topological polar surface area (TPSA) is 59.1 Å². The van der Waals surface area contributed by atoms with Gasteiger partial charge in [-0.3, -0.25) is 4.79 Å². The molecule has 4 rings (SSSR count). The summed E-state index contributed by atoms with van der Waals surface area (Å²) in [7, 11) is 0.